The van der Waals surface area contributed by atoms with Crippen molar-refractivity contribution in [3.63, 3.8) is 0 Å². The van der Waals surface area contributed by atoms with Crippen molar-refractivity contribution in [2.24, 2.45) is 0 Å². The fraction of sp³-hybridized carbons (Fsp3) is 0.318. The van der Waals surface area contributed by atoms with Gasteiger partial charge in [-0.3, -0.25) is 4.79 Å². The molecule has 4 N–H and O–H groups in total. The molecule has 0 saturated carbocycles. The normalized spacial score (nSPS) is 12.4. The number of carbonyl (C=O) groups excluding carboxylic acids is 1. The molecule has 0 bridgehead atoms. The second-order valence-corrected chi connectivity index (χ2v) is 8.59. The molecular weight excluding hydrogens is 453 g/mol. The van der Waals surface area contributed by atoms with Crippen molar-refractivity contribution in [2.45, 2.75) is 45.3 Å². The molecule has 0 unspecified atom stereocenters. The van der Waals surface area contributed by atoms with Crippen LogP contribution in [0, 0.1) is 0 Å². The number of hydrogen-bond acceptors (Lipinski definition) is 6. The molecule has 4 rings (SSSR count). The molecule has 3 heterocycles. The first-order chi connectivity index (χ1) is 15.9. The van der Waals surface area contributed by atoms with Crippen LogP contribution in [0.4, 0.5) is 18.9 Å². The molecule has 9 nitrogen and oxygen atoms in total. The molecule has 0 atom stereocenters. The van der Waals surface area contributed by atoms with Crippen molar-refractivity contribution < 1.29 is 27.6 Å². The number of nitrogens with zero attached hydrogens (tertiary/aromatic N) is 4. The molecule has 4 aromatic rings. The van der Waals surface area contributed by atoms with E-state index in [1.165, 1.54) is 12.1 Å². The van der Waals surface area contributed by atoms with Crippen LogP contribution in [0.1, 0.15) is 30.1 Å². The summed E-state index contributed by atoms with van der Waals surface area (Å²) in [6.45, 7) is 2.25. The molecule has 1 amide bonds. The zero-order valence-corrected chi connectivity index (χ0v) is 18.4. The van der Waals surface area contributed by atoms with Gasteiger partial charge in [0.2, 0.25) is 11.7 Å². The number of aliphatic hydroxyl groups is 1. The van der Waals surface area contributed by atoms with Crippen LogP contribution < -0.4 is 11.1 Å². The molecule has 3 aromatic heterocycles. The molecule has 0 fully saturated rings. The van der Waals surface area contributed by atoms with Crippen molar-refractivity contribution in [1.82, 2.24) is 24.6 Å². The maximum Gasteiger partial charge on any atom is 0.406 e. The van der Waals surface area contributed by atoms with E-state index in [-0.39, 0.29) is 24.0 Å². The Morgan fingerprint density at radius 2 is 2.00 bits per heavy atom. The van der Waals surface area contributed by atoms with Crippen molar-refractivity contribution in [3.05, 3.63) is 54.2 Å². The Morgan fingerprint density at radius 1 is 1.24 bits per heavy atom. The van der Waals surface area contributed by atoms with E-state index in [0.717, 1.165) is 4.57 Å². The minimum absolute atomic E-state index is 0.0241. The van der Waals surface area contributed by atoms with Crippen LogP contribution >= 0.6 is 0 Å². The largest absolute Gasteiger partial charge is 0.406 e. The molecule has 1 aromatic carbocycles. The first-order valence-electron chi connectivity index (χ1n) is 10.3. The number of anilines is 1. The lowest BCUT2D eigenvalue weighted by atomic mass is 10.1. The van der Waals surface area contributed by atoms with E-state index in [9.17, 15) is 23.1 Å². The van der Waals surface area contributed by atoms with Crippen molar-refractivity contribution >= 4 is 22.5 Å². The SMILES string of the molecule is CC(C)(O)Cn1ccc(C(=O)NCc2nc(-c3cc4c(N)cccc4n3CC(F)(F)F)no2)c1. The van der Waals surface area contributed by atoms with Gasteiger partial charge in [0, 0.05) is 23.5 Å². The number of alkyl halides is 3. The van der Waals surface area contributed by atoms with Crippen molar-refractivity contribution in [3.8, 4) is 11.5 Å². The predicted molar refractivity (Wildman–Crippen MR) is 118 cm³/mol. The predicted octanol–water partition coefficient (Wildman–Crippen LogP) is 3.34. The minimum Gasteiger partial charge on any atom is -0.398 e. The first-order valence-corrected chi connectivity index (χ1v) is 10.3. The number of rotatable bonds is 7. The van der Waals surface area contributed by atoms with Gasteiger partial charge in [-0.1, -0.05) is 11.2 Å². The second kappa shape index (κ2) is 8.52. The third-order valence-corrected chi connectivity index (χ3v) is 5.00. The Bertz CT molecular complexity index is 1330. The lowest BCUT2D eigenvalue weighted by molar-refractivity contribution is -0.139. The maximum absolute atomic E-state index is 13.2. The summed E-state index contributed by atoms with van der Waals surface area (Å²) in [6.07, 6.45) is -1.22. The molecule has 180 valence electrons. The van der Waals surface area contributed by atoms with Gasteiger partial charge in [-0.05, 0) is 38.1 Å². The highest BCUT2D eigenvalue weighted by molar-refractivity contribution is 5.95. The Balaban J connectivity index is 1.52. The van der Waals surface area contributed by atoms with Gasteiger partial charge in [-0.25, -0.2) is 0 Å². The zero-order valence-electron chi connectivity index (χ0n) is 18.4. The average Bonchev–Trinajstić information content (AvgIpc) is 3.44. The highest BCUT2D eigenvalue weighted by Gasteiger charge is 2.31. The third-order valence-electron chi connectivity index (χ3n) is 5.00. The summed E-state index contributed by atoms with van der Waals surface area (Å²) in [5, 5.41) is 16.8. The molecule has 12 heteroatoms. The molecule has 0 aliphatic carbocycles. The van der Waals surface area contributed by atoms with Gasteiger partial charge in [0.05, 0.1) is 35.5 Å². The summed E-state index contributed by atoms with van der Waals surface area (Å²) in [6, 6.07) is 7.78. The van der Waals surface area contributed by atoms with Gasteiger partial charge in [0.15, 0.2) is 0 Å². The van der Waals surface area contributed by atoms with E-state index in [1.807, 2.05) is 0 Å². The molecule has 0 saturated heterocycles. The number of fused-ring (bicyclic) bond motifs is 1. The lowest BCUT2D eigenvalue weighted by Crippen LogP contribution is -2.25. The number of carbonyl (C=O) groups is 1. The molecule has 34 heavy (non-hydrogen) atoms. The Morgan fingerprint density at radius 3 is 2.71 bits per heavy atom. The number of halogens is 3. The quantitative estimate of drug-likeness (QED) is 0.352. The topological polar surface area (TPSA) is 124 Å². The summed E-state index contributed by atoms with van der Waals surface area (Å²) in [5.74, 6) is -0.440. The van der Waals surface area contributed by atoms with E-state index in [1.54, 1.807) is 49.0 Å². The summed E-state index contributed by atoms with van der Waals surface area (Å²) >= 11 is 0. The van der Waals surface area contributed by atoms with Crippen LogP contribution in [-0.4, -0.2) is 42.1 Å². The molecule has 0 spiro atoms. The molecule has 0 aliphatic heterocycles. The third kappa shape index (κ3) is 5.22. The Hall–Kier alpha value is -3.80. The van der Waals surface area contributed by atoms with Gasteiger partial charge in [0.1, 0.15) is 6.54 Å². The van der Waals surface area contributed by atoms with Gasteiger partial charge in [-0.2, -0.15) is 18.2 Å². The number of nitrogens with one attached hydrogen (secondary N) is 1. The van der Waals surface area contributed by atoms with Crippen LogP contribution in [0.5, 0.6) is 0 Å². The zero-order chi connectivity index (χ0) is 24.7. The van der Waals surface area contributed by atoms with Crippen LogP contribution in [0.2, 0.25) is 0 Å². The minimum atomic E-state index is -4.48. The second-order valence-electron chi connectivity index (χ2n) is 8.59. The van der Waals surface area contributed by atoms with Gasteiger partial charge in [0.25, 0.3) is 5.91 Å². The summed E-state index contributed by atoms with van der Waals surface area (Å²) in [4.78, 5) is 16.6. The van der Waals surface area contributed by atoms with Gasteiger partial charge in [-0.15, -0.1) is 0 Å². The Labute approximate surface area is 192 Å². The standard InChI is InChI=1S/C22H23F3N6O3/c1-21(2,33)11-30-7-6-13(10-30)20(32)27-9-18-28-19(29-34-18)17-8-14-15(26)4-3-5-16(14)31(17)12-22(23,24)25/h3-8,10,33H,9,11-12,26H2,1-2H3,(H,27,32). The average molecular weight is 476 g/mol. The van der Waals surface area contributed by atoms with Crippen molar-refractivity contribution in [2.75, 3.05) is 5.73 Å². The lowest BCUT2D eigenvalue weighted by Gasteiger charge is -2.17. The number of aromatic nitrogens is 4. The molecule has 0 radical (unpaired) electrons. The monoisotopic (exact) mass is 476 g/mol. The van der Waals surface area contributed by atoms with E-state index in [4.69, 9.17) is 10.3 Å². The number of nitrogens with two attached hydrogens (primary N) is 1. The van der Waals surface area contributed by atoms with Crippen LogP contribution in [0.25, 0.3) is 22.4 Å². The Kier molecular flexibility index (Phi) is 5.86. The highest BCUT2D eigenvalue weighted by atomic mass is 19.4. The van der Waals surface area contributed by atoms with Crippen LogP contribution in [0.15, 0.2) is 47.2 Å². The first kappa shape index (κ1) is 23.4. The maximum atomic E-state index is 13.2. The van der Waals surface area contributed by atoms with Gasteiger partial charge >= 0.3 is 6.18 Å². The summed E-state index contributed by atoms with van der Waals surface area (Å²) in [5.41, 5.74) is 6.08. The van der Waals surface area contributed by atoms with Crippen LogP contribution in [0.3, 0.4) is 0 Å². The summed E-state index contributed by atoms with van der Waals surface area (Å²) in [7, 11) is 0. The van der Waals surface area contributed by atoms with Crippen molar-refractivity contribution in [1.29, 1.82) is 0 Å². The van der Waals surface area contributed by atoms with E-state index < -0.39 is 24.2 Å². The smallest absolute Gasteiger partial charge is 0.398 e. The molecular formula is C22H23F3N6O3. The summed E-state index contributed by atoms with van der Waals surface area (Å²) < 4.78 is 47.6. The fourth-order valence-corrected chi connectivity index (χ4v) is 3.65. The van der Waals surface area contributed by atoms with E-state index in [2.05, 4.69) is 15.5 Å². The number of nitrogen functional groups attached to an aromatic ring is 1. The van der Waals surface area contributed by atoms with E-state index >= 15 is 0 Å². The molecule has 0 aliphatic rings. The number of benzene rings is 1. The van der Waals surface area contributed by atoms with E-state index in [0.29, 0.717) is 28.7 Å². The van der Waals surface area contributed by atoms with Crippen LogP contribution in [-0.2, 0) is 19.6 Å². The fourth-order valence-electron chi connectivity index (χ4n) is 3.65. The number of hydrogen-bond donors (Lipinski definition) is 3. The highest BCUT2D eigenvalue weighted by Crippen LogP contribution is 2.32. The number of amides is 1. The van der Waals surface area contributed by atoms with Gasteiger partial charge < -0.3 is 29.8 Å².